The molecule has 12 aliphatic rings. The number of nitrogens with zero attached hydrogens (tertiary/aromatic N) is 2. The quantitative estimate of drug-likeness (QED) is 0.0511. The second-order valence-electron chi connectivity index (χ2n) is 29.3. The zero-order valence-electron chi connectivity index (χ0n) is 58.0. The van der Waals surface area contributed by atoms with E-state index in [0.29, 0.717) is 63.6 Å². The summed E-state index contributed by atoms with van der Waals surface area (Å²) < 4.78 is 72.4. The molecule has 7 amide bonds. The minimum absolute atomic E-state index is 0.0221. The Balaban J connectivity index is 0.598. The average molecular weight is 1410 g/mol. The van der Waals surface area contributed by atoms with Crippen LogP contribution in [0.15, 0.2) is 66.8 Å². The molecule has 28 heteroatoms. The summed E-state index contributed by atoms with van der Waals surface area (Å²) in [5, 5.41) is 24.6. The van der Waals surface area contributed by atoms with Gasteiger partial charge in [0.05, 0.1) is 126 Å². The molecule has 12 heterocycles. The average Bonchev–Trinajstić information content (AvgIpc) is 1.55. The van der Waals surface area contributed by atoms with Gasteiger partial charge < -0.3 is 83.8 Å². The van der Waals surface area contributed by atoms with E-state index < -0.39 is 116 Å². The topological polar surface area (TPSA) is 342 Å². The summed E-state index contributed by atoms with van der Waals surface area (Å²) >= 11 is 0. The number of methoxy groups -OCH3 is 1. The predicted molar refractivity (Wildman–Crippen MR) is 358 cm³/mol. The molecule has 11 saturated heterocycles. The van der Waals surface area contributed by atoms with Gasteiger partial charge in [0.25, 0.3) is 11.8 Å². The second-order valence-corrected chi connectivity index (χ2v) is 29.3. The van der Waals surface area contributed by atoms with Crippen molar-refractivity contribution in [3.05, 3.63) is 72.4 Å². The summed E-state index contributed by atoms with van der Waals surface area (Å²) in [5.74, 6) is -5.58. The number of hydrogen-bond acceptors (Lipinski definition) is 22. The van der Waals surface area contributed by atoms with Gasteiger partial charge in [0.15, 0.2) is 5.79 Å². The van der Waals surface area contributed by atoms with E-state index in [4.69, 9.17) is 52.1 Å². The number of hydrogen-bond donors (Lipinski definition) is 6. The van der Waals surface area contributed by atoms with Crippen LogP contribution in [0.4, 0.5) is 0 Å². The summed E-state index contributed by atoms with van der Waals surface area (Å²) in [6.45, 7) is 11.0. The number of rotatable bonds is 23. The summed E-state index contributed by atoms with van der Waals surface area (Å²) in [6.07, 6.45) is 4.54. The minimum Gasteiger partial charge on any atom is -0.391 e. The Kier molecular flexibility index (Phi) is 25.2. The number of carbonyl (C=O) groups excluding carboxylic acids is 9. The third kappa shape index (κ3) is 18.8. The molecule has 12 bridgehead atoms. The van der Waals surface area contributed by atoms with E-state index in [9.17, 15) is 48.3 Å². The minimum atomic E-state index is -1.18. The molecule has 20 atom stereocenters. The number of fused-ring (bicyclic) bond motifs is 6. The molecule has 1 spiro atoms. The lowest BCUT2D eigenvalue weighted by molar-refractivity contribution is -0.292. The smallest absolute Gasteiger partial charge is 0.253 e. The first kappa shape index (κ1) is 74.5. The monoisotopic (exact) mass is 1410 g/mol. The third-order valence-corrected chi connectivity index (χ3v) is 22.0. The lowest BCUT2D eigenvalue weighted by Gasteiger charge is -2.47. The van der Waals surface area contributed by atoms with Crippen LogP contribution in [-0.4, -0.2) is 263 Å². The van der Waals surface area contributed by atoms with Crippen molar-refractivity contribution in [3.8, 4) is 0 Å². The van der Waals surface area contributed by atoms with Crippen LogP contribution in [0.25, 0.3) is 0 Å². The van der Waals surface area contributed by atoms with Crippen molar-refractivity contribution in [1.82, 2.24) is 36.4 Å². The highest BCUT2D eigenvalue weighted by Gasteiger charge is 2.69. The zero-order chi connectivity index (χ0) is 70.9. The summed E-state index contributed by atoms with van der Waals surface area (Å²) in [4.78, 5) is 120. The van der Waals surface area contributed by atoms with Crippen LogP contribution in [0.1, 0.15) is 115 Å². The van der Waals surface area contributed by atoms with Crippen molar-refractivity contribution in [2.45, 2.75) is 226 Å². The van der Waals surface area contributed by atoms with Gasteiger partial charge in [0.2, 0.25) is 29.5 Å². The van der Waals surface area contributed by atoms with Crippen LogP contribution < -0.4 is 26.6 Å². The number of aliphatic hydroxyl groups is 1. The van der Waals surface area contributed by atoms with Crippen LogP contribution in [-0.2, 0) is 102 Å². The van der Waals surface area contributed by atoms with Gasteiger partial charge in [-0.3, -0.25) is 53.0 Å². The highest BCUT2D eigenvalue weighted by molar-refractivity contribution is 6.12. The van der Waals surface area contributed by atoms with Gasteiger partial charge in [-0.2, -0.15) is 0 Å². The van der Waals surface area contributed by atoms with Gasteiger partial charge in [0, 0.05) is 103 Å². The van der Waals surface area contributed by atoms with E-state index in [1.54, 1.807) is 42.3 Å². The molecule has 554 valence electrons. The summed E-state index contributed by atoms with van der Waals surface area (Å²) in [7, 11) is 1.57. The fraction of sp³-hybridized carbons (Fsp3) is 0.712. The Labute approximate surface area is 589 Å². The van der Waals surface area contributed by atoms with E-state index in [2.05, 4.69) is 46.7 Å². The zero-order valence-corrected chi connectivity index (χ0v) is 58.0. The molecule has 0 aromatic heterocycles. The van der Waals surface area contributed by atoms with Crippen LogP contribution in [0, 0.1) is 17.8 Å². The van der Waals surface area contributed by atoms with E-state index in [0.717, 1.165) is 48.2 Å². The molecule has 0 aliphatic carbocycles. The molecule has 2 unspecified atom stereocenters. The van der Waals surface area contributed by atoms with Gasteiger partial charge in [-0.25, -0.2) is 0 Å². The number of ether oxygens (including phenoxy) is 11. The molecule has 0 radical (unpaired) electrons. The molecule has 6 N–H and O–H groups in total. The van der Waals surface area contributed by atoms with Gasteiger partial charge >= 0.3 is 0 Å². The number of Topliss-reactive ketones (excluding diaryl/α,β-unsaturated/α-hetero) is 2. The van der Waals surface area contributed by atoms with Crippen LogP contribution in [0.2, 0.25) is 0 Å². The van der Waals surface area contributed by atoms with Crippen LogP contribution in [0.5, 0.6) is 0 Å². The maximum absolute atomic E-state index is 14.6. The Hall–Kier alpha value is -6.25. The highest BCUT2D eigenvalue weighted by Crippen LogP contribution is 2.54. The van der Waals surface area contributed by atoms with Crippen molar-refractivity contribution in [1.29, 1.82) is 0 Å². The van der Waals surface area contributed by atoms with Crippen molar-refractivity contribution < 1.29 is 100 Å². The molecule has 101 heavy (non-hydrogen) atoms. The first-order valence-corrected chi connectivity index (χ1v) is 36.5. The Morgan fingerprint density at radius 1 is 0.683 bits per heavy atom. The maximum atomic E-state index is 14.6. The number of benzene rings is 1. The largest absolute Gasteiger partial charge is 0.391 e. The van der Waals surface area contributed by atoms with Gasteiger partial charge in [-0.1, -0.05) is 50.4 Å². The lowest BCUT2D eigenvalue weighted by Crippen LogP contribution is -2.61. The first-order chi connectivity index (χ1) is 48.7. The second kappa shape index (κ2) is 34.1. The third-order valence-electron chi connectivity index (χ3n) is 22.0. The number of ketones is 2. The van der Waals surface area contributed by atoms with E-state index in [1.165, 1.54) is 12.2 Å². The van der Waals surface area contributed by atoms with Crippen molar-refractivity contribution in [3.63, 3.8) is 0 Å². The van der Waals surface area contributed by atoms with E-state index in [-0.39, 0.29) is 162 Å². The fourth-order valence-corrected chi connectivity index (χ4v) is 16.6. The Morgan fingerprint density at radius 2 is 1.37 bits per heavy atom. The number of aliphatic hydroxyl groups excluding tert-OH is 1. The van der Waals surface area contributed by atoms with Crippen molar-refractivity contribution in [2.24, 2.45) is 17.8 Å². The van der Waals surface area contributed by atoms with Crippen molar-refractivity contribution >= 4 is 52.9 Å². The molecule has 13 rings (SSSR count). The molecule has 1 aromatic rings. The molecular formula is C73H101N7O21. The molecule has 28 nitrogen and oxygen atoms in total. The summed E-state index contributed by atoms with van der Waals surface area (Å²) in [6, 6.07) is 7.72. The van der Waals surface area contributed by atoms with Crippen molar-refractivity contribution in [2.75, 3.05) is 85.9 Å². The molecular weight excluding hydrogens is 1310 g/mol. The Morgan fingerprint density at radius 3 is 2.14 bits per heavy atom. The first-order valence-electron chi connectivity index (χ1n) is 36.5. The lowest BCUT2D eigenvalue weighted by atomic mass is 9.81. The normalized spacial score (nSPS) is 35.1. The molecule has 1 aromatic carbocycles. The predicted octanol–water partition coefficient (Wildman–Crippen LogP) is 1.30. The standard InChI is InChI=1S/C73H101N7O21/c1-41-26-48-13-15-54-42(2)27-50(94-54)19-20-73-33-59-68(100-73)69-70(99-59)71(101-73)67-55(98-69)16-14-49(96-67)29-46(81)30-51-57(32-56(95-48)43(41)3)97-58(66(51)91-4)31-47(82)34-74-61(85)36-77-72(90)52(28-44-10-6-5-7-11-44)78-62(86)37-75-60(84)35-76-63(87)38-79-22-24-92-39-45(40-93-25-23-79)53(83)12-8-9-21-80-64(88)17-18-65(80)89/h5-7,10-11,17-18,41,45,47-52,54-59,66-71,82H,2-3,8-9,12-16,19-40H2,1,4H3,(H,74,85)(H,75,84)(H,76,87)(H,77,90)(H,78,86)/t41-,47+,48+,49-,50+,51+,52+,54+,55+,56-,57+,58-,59-,66-,67+,68+,69?,70?,71+,73+/m1/s1. The SMILES string of the molecule is C=C1C[C@@H]2CC[C@@]34C[C@H]5OC6C(O[C@H]7CC[C@H](CC(=O)C[C@@H]8[C@@H](OC)[C@@H](C[C@H](O)CNC(=O)CNC(=O)[C@H](Cc9ccccc9)NC(=O)CNC(=O)CNC(=O)CN9CCOCC(C(=O)CCCCN%10C(=O)C=CC%10=O)COCC9)O[C@H]8C[C@H]8O[C@@H](CC[C@@H]1O2)C[C@@H](C)C8=C)O[C@@H]7[C@@H]6O3)[C@H]5O4. The van der Waals surface area contributed by atoms with Crippen LogP contribution in [0.3, 0.4) is 0 Å². The molecule has 12 aliphatic heterocycles. The van der Waals surface area contributed by atoms with Gasteiger partial charge in [-0.05, 0) is 80.4 Å². The number of nitrogens with one attached hydrogen (secondary N) is 5. The van der Waals surface area contributed by atoms with E-state index in [1.807, 2.05) is 0 Å². The summed E-state index contributed by atoms with van der Waals surface area (Å²) in [5.41, 5.74) is 2.72. The van der Waals surface area contributed by atoms with Crippen LogP contribution >= 0.6 is 0 Å². The number of carbonyl (C=O) groups is 9. The Bertz CT molecular complexity index is 3180. The van der Waals surface area contributed by atoms with Gasteiger partial charge in [-0.15, -0.1) is 0 Å². The maximum Gasteiger partial charge on any atom is 0.253 e. The molecule has 0 saturated carbocycles. The number of imide groups is 1. The fourth-order valence-electron chi connectivity index (χ4n) is 16.6. The number of amides is 7. The van der Waals surface area contributed by atoms with Gasteiger partial charge in [0.1, 0.15) is 48.1 Å². The molecule has 11 fully saturated rings. The highest BCUT2D eigenvalue weighted by atomic mass is 16.8. The van der Waals surface area contributed by atoms with E-state index >= 15 is 0 Å². The number of unbranched alkanes of at least 4 members (excludes halogenated alkanes) is 1.